The van der Waals surface area contributed by atoms with E-state index in [0.29, 0.717) is 34.6 Å². The van der Waals surface area contributed by atoms with Crippen molar-refractivity contribution >= 4 is 28.2 Å². The summed E-state index contributed by atoms with van der Waals surface area (Å²) in [7, 11) is 3.03. The van der Waals surface area contributed by atoms with Gasteiger partial charge in [-0.2, -0.15) is 0 Å². The van der Waals surface area contributed by atoms with Crippen LogP contribution in [0, 0.1) is 0 Å². The van der Waals surface area contributed by atoms with Gasteiger partial charge in [-0.3, -0.25) is 4.79 Å². The van der Waals surface area contributed by atoms with E-state index in [9.17, 15) is 9.59 Å². The van der Waals surface area contributed by atoms with Crippen molar-refractivity contribution in [2.75, 3.05) is 14.2 Å². The number of nitrogens with one attached hydrogen (secondary N) is 1. The molecular formula is C22H26N2O5S. The molecule has 2 aromatic heterocycles. The average Bonchev–Trinajstić information content (AvgIpc) is 3.28. The molecule has 0 atom stereocenters. The maximum atomic E-state index is 13.2. The molecule has 0 radical (unpaired) electrons. The number of pyridine rings is 1. The number of methoxy groups -OCH3 is 2. The highest BCUT2D eigenvalue weighted by Crippen LogP contribution is 2.35. The van der Waals surface area contributed by atoms with Crippen LogP contribution >= 0.6 is 11.3 Å². The number of carbonyl (C=O) groups is 1. The lowest BCUT2D eigenvalue weighted by atomic mass is 10.1. The number of amides is 1. The molecule has 7 nitrogen and oxygen atoms in total. The van der Waals surface area contributed by atoms with Gasteiger partial charge in [-0.1, -0.05) is 19.9 Å². The van der Waals surface area contributed by atoms with Gasteiger partial charge in [0, 0.05) is 16.3 Å². The molecule has 0 saturated carbocycles. The van der Waals surface area contributed by atoms with Crippen molar-refractivity contribution < 1.29 is 19.0 Å². The zero-order valence-electron chi connectivity index (χ0n) is 17.6. The maximum Gasteiger partial charge on any atom is 0.412 e. The molecule has 0 aliphatic rings. The smallest absolute Gasteiger partial charge is 0.412 e. The van der Waals surface area contributed by atoms with Gasteiger partial charge in [0.2, 0.25) is 0 Å². The van der Waals surface area contributed by atoms with Crippen molar-refractivity contribution in [2.24, 2.45) is 0 Å². The van der Waals surface area contributed by atoms with Gasteiger partial charge in [-0.05, 0) is 36.4 Å². The van der Waals surface area contributed by atoms with Crippen LogP contribution in [0.15, 0.2) is 40.6 Å². The van der Waals surface area contributed by atoms with E-state index in [2.05, 4.69) is 5.32 Å². The number of rotatable bonds is 8. The number of benzene rings is 1. The van der Waals surface area contributed by atoms with Crippen LogP contribution in [0.2, 0.25) is 0 Å². The molecule has 30 heavy (non-hydrogen) atoms. The summed E-state index contributed by atoms with van der Waals surface area (Å²) in [5, 5.41) is 5.59. The third kappa shape index (κ3) is 4.43. The molecule has 3 aromatic rings. The minimum absolute atomic E-state index is 0.00785. The molecule has 2 heterocycles. The fraction of sp³-hybridized carbons (Fsp3) is 0.364. The van der Waals surface area contributed by atoms with Gasteiger partial charge in [0.1, 0.15) is 0 Å². The third-order valence-electron chi connectivity index (χ3n) is 5.04. The molecule has 160 valence electrons. The predicted octanol–water partition coefficient (Wildman–Crippen LogP) is 4.73. The first-order valence-corrected chi connectivity index (χ1v) is 10.7. The standard InChI is InChI=1S/C22H26N2O5S/c1-5-14(6-2)24-13-20(29-22(26)23-12-15-8-7-9-30-15)16-10-18(27-3)19(28-4)11-17(16)21(24)25/h7-11,13-14H,5-6,12H2,1-4H3,(H,23,26). The van der Waals surface area contributed by atoms with Gasteiger partial charge < -0.3 is 24.1 Å². The number of nitrogens with zero attached hydrogens (tertiary/aromatic N) is 1. The minimum Gasteiger partial charge on any atom is -0.493 e. The van der Waals surface area contributed by atoms with Crippen molar-refractivity contribution in [3.63, 3.8) is 0 Å². The van der Waals surface area contributed by atoms with Gasteiger partial charge in [0.25, 0.3) is 5.56 Å². The van der Waals surface area contributed by atoms with Crippen LogP contribution in [0.3, 0.4) is 0 Å². The number of carbonyl (C=O) groups excluding carboxylic acids is 1. The lowest BCUT2D eigenvalue weighted by Crippen LogP contribution is -2.28. The monoisotopic (exact) mass is 430 g/mol. The summed E-state index contributed by atoms with van der Waals surface area (Å²) >= 11 is 1.55. The van der Waals surface area contributed by atoms with Crippen LogP contribution < -0.4 is 25.1 Å². The molecule has 0 fully saturated rings. The fourth-order valence-corrected chi connectivity index (χ4v) is 4.04. The van der Waals surface area contributed by atoms with E-state index in [4.69, 9.17) is 14.2 Å². The Kier molecular flexibility index (Phi) is 6.99. The van der Waals surface area contributed by atoms with Gasteiger partial charge >= 0.3 is 6.09 Å². The van der Waals surface area contributed by atoms with E-state index >= 15 is 0 Å². The molecule has 1 amide bonds. The normalized spacial score (nSPS) is 11.0. The Hall–Kier alpha value is -3.00. The summed E-state index contributed by atoms with van der Waals surface area (Å²) in [6, 6.07) is 7.14. The second-order valence-corrected chi connectivity index (χ2v) is 7.78. The highest BCUT2D eigenvalue weighted by molar-refractivity contribution is 7.09. The number of thiophene rings is 1. The van der Waals surface area contributed by atoms with E-state index < -0.39 is 6.09 Å². The fourth-order valence-electron chi connectivity index (χ4n) is 3.40. The summed E-state index contributed by atoms with van der Waals surface area (Å²) in [6.07, 6.45) is 2.58. The lowest BCUT2D eigenvalue weighted by Gasteiger charge is -2.20. The zero-order chi connectivity index (χ0) is 21.7. The Morgan fingerprint density at radius 3 is 2.33 bits per heavy atom. The third-order valence-corrected chi connectivity index (χ3v) is 5.91. The van der Waals surface area contributed by atoms with Crippen molar-refractivity contribution in [1.82, 2.24) is 9.88 Å². The average molecular weight is 431 g/mol. The van der Waals surface area contributed by atoms with Crippen molar-refractivity contribution in [2.45, 2.75) is 39.3 Å². The van der Waals surface area contributed by atoms with Crippen LogP contribution in [0.4, 0.5) is 4.79 Å². The quantitative estimate of drug-likeness (QED) is 0.559. The van der Waals surface area contributed by atoms with Crippen LogP contribution in [-0.4, -0.2) is 24.9 Å². The first kappa shape index (κ1) is 21.7. The Morgan fingerprint density at radius 2 is 1.77 bits per heavy atom. The largest absolute Gasteiger partial charge is 0.493 e. The second kappa shape index (κ2) is 9.67. The number of aromatic nitrogens is 1. The second-order valence-electron chi connectivity index (χ2n) is 6.75. The predicted molar refractivity (Wildman–Crippen MR) is 118 cm³/mol. The summed E-state index contributed by atoms with van der Waals surface area (Å²) in [4.78, 5) is 26.7. The number of hydrogen-bond donors (Lipinski definition) is 1. The maximum absolute atomic E-state index is 13.2. The zero-order valence-corrected chi connectivity index (χ0v) is 18.4. The first-order valence-electron chi connectivity index (χ1n) is 9.81. The Labute approximate surface area is 179 Å². The van der Waals surface area contributed by atoms with E-state index in [1.54, 1.807) is 34.2 Å². The SMILES string of the molecule is CCC(CC)n1cc(OC(=O)NCc2cccs2)c2cc(OC)c(OC)cc2c1=O. The highest BCUT2D eigenvalue weighted by Gasteiger charge is 2.19. The molecule has 0 saturated heterocycles. The van der Waals surface area contributed by atoms with E-state index in [1.807, 2.05) is 31.4 Å². The number of hydrogen-bond acceptors (Lipinski definition) is 6. The molecule has 0 aliphatic heterocycles. The van der Waals surface area contributed by atoms with Crippen LogP contribution in [0.5, 0.6) is 17.2 Å². The van der Waals surface area contributed by atoms with Gasteiger partial charge in [-0.25, -0.2) is 4.79 Å². The molecule has 0 aliphatic carbocycles. The lowest BCUT2D eigenvalue weighted by molar-refractivity contribution is 0.200. The molecule has 8 heteroatoms. The molecule has 0 spiro atoms. The highest BCUT2D eigenvalue weighted by atomic mass is 32.1. The number of ether oxygens (including phenoxy) is 3. The van der Waals surface area contributed by atoms with E-state index in [1.165, 1.54) is 14.2 Å². The minimum atomic E-state index is -0.589. The van der Waals surface area contributed by atoms with Crippen LogP contribution in [0.25, 0.3) is 10.8 Å². The molecule has 1 aromatic carbocycles. The van der Waals surface area contributed by atoms with Crippen molar-refractivity contribution in [3.05, 3.63) is 51.1 Å². The van der Waals surface area contributed by atoms with Crippen LogP contribution in [-0.2, 0) is 6.54 Å². The van der Waals surface area contributed by atoms with Crippen LogP contribution in [0.1, 0.15) is 37.6 Å². The van der Waals surface area contributed by atoms with Gasteiger partial charge in [0.05, 0.1) is 32.3 Å². The number of fused-ring (bicyclic) bond motifs is 1. The Balaban J connectivity index is 2.06. The van der Waals surface area contributed by atoms with Gasteiger partial charge in [-0.15, -0.1) is 11.3 Å². The first-order chi connectivity index (χ1) is 14.5. The van der Waals surface area contributed by atoms with Crippen molar-refractivity contribution in [1.29, 1.82) is 0 Å². The van der Waals surface area contributed by atoms with E-state index in [-0.39, 0.29) is 11.6 Å². The summed E-state index contributed by atoms with van der Waals surface area (Å²) in [5.74, 6) is 1.19. The molecule has 0 unspecified atom stereocenters. The Morgan fingerprint density at radius 1 is 1.10 bits per heavy atom. The molecule has 1 N–H and O–H groups in total. The van der Waals surface area contributed by atoms with Gasteiger partial charge in [0.15, 0.2) is 17.2 Å². The summed E-state index contributed by atoms with van der Waals surface area (Å²) in [5.41, 5.74) is -0.161. The van der Waals surface area contributed by atoms with Crippen molar-refractivity contribution in [3.8, 4) is 17.2 Å². The topological polar surface area (TPSA) is 78.8 Å². The van der Waals surface area contributed by atoms with E-state index in [0.717, 1.165) is 17.7 Å². The molecular weight excluding hydrogens is 404 g/mol. The summed E-state index contributed by atoms with van der Waals surface area (Å²) in [6.45, 7) is 4.42. The molecule has 3 rings (SSSR count). The molecule has 0 bridgehead atoms. The summed E-state index contributed by atoms with van der Waals surface area (Å²) < 4.78 is 18.0. The Bertz CT molecular complexity index is 1070.